The van der Waals surface area contributed by atoms with E-state index in [2.05, 4.69) is 6.92 Å². The summed E-state index contributed by atoms with van der Waals surface area (Å²) in [4.78, 5) is 0.281. The summed E-state index contributed by atoms with van der Waals surface area (Å²) in [5.41, 5.74) is 1.36. The minimum atomic E-state index is -3.43. The maximum atomic E-state index is 12.3. The van der Waals surface area contributed by atoms with Gasteiger partial charge in [-0.25, -0.2) is 8.42 Å². The van der Waals surface area contributed by atoms with E-state index in [1.807, 2.05) is 13.0 Å². The van der Waals surface area contributed by atoms with Crippen molar-refractivity contribution in [3.05, 3.63) is 41.5 Å². The molecule has 0 atom stereocenters. The Morgan fingerprint density at radius 3 is 2.30 bits per heavy atom. The van der Waals surface area contributed by atoms with Crippen LogP contribution < -0.4 is 0 Å². The Morgan fingerprint density at radius 2 is 1.70 bits per heavy atom. The Kier molecular flexibility index (Phi) is 8.65. The van der Waals surface area contributed by atoms with E-state index >= 15 is 0 Å². The molecular weight excluding hydrogens is 306 g/mol. The highest BCUT2D eigenvalue weighted by molar-refractivity contribution is 7.91. The number of benzene rings is 1. The van der Waals surface area contributed by atoms with Gasteiger partial charge in [0.25, 0.3) is 0 Å². The van der Waals surface area contributed by atoms with Crippen LogP contribution >= 0.6 is 0 Å². The molecule has 0 aliphatic rings. The lowest BCUT2D eigenvalue weighted by molar-refractivity contribution is 0.598. The van der Waals surface area contributed by atoms with Crippen molar-refractivity contribution in [3.8, 4) is 6.07 Å². The van der Waals surface area contributed by atoms with E-state index in [0.717, 1.165) is 24.8 Å². The minimum absolute atomic E-state index is 0.206. The van der Waals surface area contributed by atoms with Gasteiger partial charge in [-0.05, 0) is 31.9 Å². The zero-order valence-corrected chi connectivity index (χ0v) is 15.0. The number of hydrogen-bond acceptors (Lipinski definition) is 3. The van der Waals surface area contributed by atoms with Crippen molar-refractivity contribution in [1.82, 2.24) is 0 Å². The highest BCUT2D eigenvalue weighted by Gasteiger charge is 2.16. The van der Waals surface area contributed by atoms with Gasteiger partial charge in [-0.15, -0.1) is 0 Å². The third-order valence-corrected chi connectivity index (χ3v) is 5.50. The first kappa shape index (κ1) is 19.4. The van der Waals surface area contributed by atoms with Crippen molar-refractivity contribution < 1.29 is 8.42 Å². The maximum absolute atomic E-state index is 12.3. The molecule has 0 spiro atoms. The molecule has 1 aromatic rings. The van der Waals surface area contributed by atoms with Crippen molar-refractivity contribution in [2.24, 2.45) is 0 Å². The standard InChI is InChI=1S/C19H27NO2S/c1-3-4-5-6-7-8-9-10-18(15-20)16-23(21,22)19-13-11-17(2)12-14-19/h10-14H,3-9,16H2,1-2H3/b18-10+. The maximum Gasteiger partial charge on any atom is 0.183 e. The smallest absolute Gasteiger partial charge is 0.183 e. The first-order chi connectivity index (χ1) is 11.0. The van der Waals surface area contributed by atoms with Crippen LogP contribution in [-0.4, -0.2) is 14.2 Å². The van der Waals surface area contributed by atoms with Crippen molar-refractivity contribution in [1.29, 1.82) is 5.26 Å². The van der Waals surface area contributed by atoms with E-state index in [-0.39, 0.29) is 10.6 Å². The summed E-state index contributed by atoms with van der Waals surface area (Å²) in [6.45, 7) is 4.11. The number of sulfone groups is 1. The molecule has 0 saturated carbocycles. The number of allylic oxidation sites excluding steroid dienone is 1. The predicted octanol–water partition coefficient (Wildman–Crippen LogP) is 4.97. The molecule has 0 bridgehead atoms. The van der Waals surface area contributed by atoms with E-state index in [4.69, 9.17) is 0 Å². The van der Waals surface area contributed by atoms with Gasteiger partial charge in [-0.1, -0.05) is 62.8 Å². The van der Waals surface area contributed by atoms with Gasteiger partial charge in [-0.3, -0.25) is 0 Å². The summed E-state index contributed by atoms with van der Waals surface area (Å²) in [6.07, 6.45) is 9.69. The Labute approximate surface area is 141 Å². The fourth-order valence-corrected chi connectivity index (χ4v) is 3.68. The molecule has 0 unspecified atom stereocenters. The first-order valence-electron chi connectivity index (χ1n) is 8.38. The molecule has 0 amide bonds. The normalized spacial score (nSPS) is 12.1. The number of unbranched alkanes of at least 4 members (excludes halogenated alkanes) is 6. The van der Waals surface area contributed by atoms with Crippen molar-refractivity contribution >= 4 is 9.84 Å². The number of hydrogen-bond donors (Lipinski definition) is 0. The molecule has 0 heterocycles. The minimum Gasteiger partial charge on any atom is -0.223 e. The molecule has 0 aliphatic heterocycles. The number of aryl methyl sites for hydroxylation is 1. The molecule has 0 aromatic heterocycles. The lowest BCUT2D eigenvalue weighted by atomic mass is 10.1. The van der Waals surface area contributed by atoms with Gasteiger partial charge in [0.1, 0.15) is 0 Å². The van der Waals surface area contributed by atoms with E-state index in [1.165, 1.54) is 25.7 Å². The molecule has 23 heavy (non-hydrogen) atoms. The van der Waals surface area contributed by atoms with Gasteiger partial charge in [0.05, 0.1) is 16.7 Å². The average Bonchev–Trinajstić information content (AvgIpc) is 2.53. The van der Waals surface area contributed by atoms with E-state index in [1.54, 1.807) is 30.3 Å². The molecule has 4 heteroatoms. The molecule has 0 aliphatic carbocycles. The molecule has 0 N–H and O–H groups in total. The van der Waals surface area contributed by atoms with E-state index < -0.39 is 9.84 Å². The highest BCUT2D eigenvalue weighted by Crippen LogP contribution is 2.16. The zero-order valence-electron chi connectivity index (χ0n) is 14.2. The molecule has 3 nitrogen and oxygen atoms in total. The van der Waals surface area contributed by atoms with Crippen molar-refractivity contribution in [2.45, 2.75) is 63.7 Å². The topological polar surface area (TPSA) is 57.9 Å². The summed E-state index contributed by atoms with van der Waals surface area (Å²) >= 11 is 0. The second kappa shape index (κ2) is 10.2. The highest BCUT2D eigenvalue weighted by atomic mass is 32.2. The monoisotopic (exact) mass is 333 g/mol. The second-order valence-electron chi connectivity index (χ2n) is 5.97. The van der Waals surface area contributed by atoms with Crippen LogP contribution in [0.4, 0.5) is 0 Å². The predicted molar refractivity (Wildman–Crippen MR) is 94.9 cm³/mol. The van der Waals surface area contributed by atoms with Gasteiger partial charge in [0.2, 0.25) is 0 Å². The number of nitrogens with zero attached hydrogens (tertiary/aromatic N) is 1. The molecular formula is C19H27NO2S. The van der Waals surface area contributed by atoms with Crippen molar-refractivity contribution in [3.63, 3.8) is 0 Å². The summed E-state index contributed by atoms with van der Waals surface area (Å²) in [6, 6.07) is 8.80. The Hall–Kier alpha value is -1.60. The first-order valence-corrected chi connectivity index (χ1v) is 10.0. The Bertz CT molecular complexity index is 637. The van der Waals surface area contributed by atoms with Crippen LogP contribution in [0.3, 0.4) is 0 Å². The van der Waals surface area contributed by atoms with Crippen LogP contribution in [0.15, 0.2) is 40.8 Å². The molecule has 0 radical (unpaired) electrons. The van der Waals surface area contributed by atoms with Gasteiger partial charge in [0, 0.05) is 5.57 Å². The van der Waals surface area contributed by atoms with Crippen LogP contribution in [0.25, 0.3) is 0 Å². The SMILES string of the molecule is CCCCCCCC/C=C(\C#N)CS(=O)(=O)c1ccc(C)cc1. The Morgan fingerprint density at radius 1 is 1.09 bits per heavy atom. The van der Waals surface area contributed by atoms with Gasteiger partial charge in [-0.2, -0.15) is 5.26 Å². The summed E-state index contributed by atoms with van der Waals surface area (Å²) in [5, 5.41) is 9.17. The number of nitriles is 1. The van der Waals surface area contributed by atoms with E-state index in [0.29, 0.717) is 5.57 Å². The fourth-order valence-electron chi connectivity index (χ4n) is 2.37. The van der Waals surface area contributed by atoms with Gasteiger partial charge < -0.3 is 0 Å². The average molecular weight is 333 g/mol. The molecule has 0 fully saturated rings. The zero-order chi connectivity index (χ0) is 17.1. The van der Waals surface area contributed by atoms with Crippen LogP contribution in [-0.2, 0) is 9.84 Å². The third-order valence-electron chi connectivity index (χ3n) is 3.82. The quantitative estimate of drug-likeness (QED) is 0.449. The largest absolute Gasteiger partial charge is 0.223 e. The van der Waals surface area contributed by atoms with E-state index in [9.17, 15) is 13.7 Å². The lowest BCUT2D eigenvalue weighted by Gasteiger charge is -2.04. The van der Waals surface area contributed by atoms with Crippen LogP contribution in [0.1, 0.15) is 57.4 Å². The molecule has 1 rings (SSSR count). The van der Waals surface area contributed by atoms with Crippen LogP contribution in [0.2, 0.25) is 0 Å². The summed E-state index contributed by atoms with van der Waals surface area (Å²) in [5.74, 6) is -0.206. The summed E-state index contributed by atoms with van der Waals surface area (Å²) < 4.78 is 24.7. The second-order valence-corrected chi connectivity index (χ2v) is 7.96. The number of rotatable bonds is 10. The third kappa shape index (κ3) is 7.47. The van der Waals surface area contributed by atoms with Crippen LogP contribution in [0, 0.1) is 18.3 Å². The van der Waals surface area contributed by atoms with Crippen molar-refractivity contribution in [2.75, 3.05) is 5.75 Å². The van der Waals surface area contributed by atoms with Crippen LogP contribution in [0.5, 0.6) is 0 Å². The molecule has 1 aromatic carbocycles. The molecule has 0 saturated heterocycles. The lowest BCUT2D eigenvalue weighted by Crippen LogP contribution is -2.08. The summed E-state index contributed by atoms with van der Waals surface area (Å²) in [7, 11) is -3.43. The Balaban J connectivity index is 2.53. The fraction of sp³-hybridized carbons (Fsp3) is 0.526. The van der Waals surface area contributed by atoms with Gasteiger partial charge in [0.15, 0.2) is 9.84 Å². The molecule has 126 valence electrons. The van der Waals surface area contributed by atoms with Gasteiger partial charge >= 0.3 is 0 Å².